The molecule has 0 bridgehead atoms. The second-order valence-corrected chi connectivity index (χ2v) is 6.72. The van der Waals surface area contributed by atoms with E-state index in [0.717, 1.165) is 40.4 Å². The van der Waals surface area contributed by atoms with Crippen molar-refractivity contribution in [2.75, 3.05) is 13.7 Å². The Morgan fingerprint density at radius 2 is 1.79 bits per heavy atom. The van der Waals surface area contributed by atoms with Gasteiger partial charge in [0, 0.05) is 18.7 Å². The monoisotopic (exact) mass is 396 g/mol. The molecule has 0 spiro atoms. The third kappa shape index (κ3) is 5.29. The van der Waals surface area contributed by atoms with Crippen molar-refractivity contribution in [2.24, 2.45) is 0 Å². The van der Waals surface area contributed by atoms with E-state index >= 15 is 0 Å². The van der Waals surface area contributed by atoms with Crippen LogP contribution in [0.2, 0.25) is 0 Å². The molecule has 0 amide bonds. The standard InChI is InChI=1S/C23H28N2O4/c1-5-27-21-9-7-6-8-19(21)14-24-13-18-10-11-22(23(12-18)26-4)28-15-20-16(2)25-29-17(20)3/h6-12,24H,5,13-15H2,1-4H3. The lowest BCUT2D eigenvalue weighted by atomic mass is 10.1. The highest BCUT2D eigenvalue weighted by Gasteiger charge is 2.12. The highest BCUT2D eigenvalue weighted by Crippen LogP contribution is 2.29. The largest absolute Gasteiger partial charge is 0.494 e. The molecule has 154 valence electrons. The number of aromatic nitrogens is 1. The predicted molar refractivity (Wildman–Crippen MR) is 111 cm³/mol. The Kier molecular flexibility index (Phi) is 7.14. The highest BCUT2D eigenvalue weighted by atomic mass is 16.5. The van der Waals surface area contributed by atoms with Gasteiger partial charge in [-0.15, -0.1) is 0 Å². The molecule has 2 aromatic carbocycles. The van der Waals surface area contributed by atoms with Gasteiger partial charge in [-0.1, -0.05) is 29.4 Å². The van der Waals surface area contributed by atoms with Crippen molar-refractivity contribution >= 4 is 0 Å². The van der Waals surface area contributed by atoms with Gasteiger partial charge in [0.25, 0.3) is 0 Å². The first kappa shape index (κ1) is 20.7. The van der Waals surface area contributed by atoms with Gasteiger partial charge in [-0.25, -0.2) is 0 Å². The van der Waals surface area contributed by atoms with Crippen LogP contribution < -0.4 is 19.5 Å². The van der Waals surface area contributed by atoms with Gasteiger partial charge in [-0.3, -0.25) is 0 Å². The minimum absolute atomic E-state index is 0.392. The minimum atomic E-state index is 0.392. The lowest BCUT2D eigenvalue weighted by Crippen LogP contribution is -2.13. The number of methoxy groups -OCH3 is 1. The molecule has 0 aliphatic heterocycles. The van der Waals surface area contributed by atoms with E-state index in [1.807, 2.05) is 57.2 Å². The number of hydrogen-bond acceptors (Lipinski definition) is 6. The summed E-state index contributed by atoms with van der Waals surface area (Å²) in [6.45, 7) is 8.27. The molecule has 29 heavy (non-hydrogen) atoms. The molecule has 0 atom stereocenters. The predicted octanol–water partition coefficient (Wildman–Crippen LogP) is 4.57. The number of aryl methyl sites for hydroxylation is 2. The van der Waals surface area contributed by atoms with Crippen molar-refractivity contribution in [1.29, 1.82) is 0 Å². The van der Waals surface area contributed by atoms with Crippen molar-refractivity contribution in [1.82, 2.24) is 10.5 Å². The zero-order valence-corrected chi connectivity index (χ0v) is 17.5. The fourth-order valence-electron chi connectivity index (χ4n) is 3.09. The molecule has 3 rings (SSSR count). The second kappa shape index (κ2) is 9.98. The average Bonchev–Trinajstić information content (AvgIpc) is 3.06. The summed E-state index contributed by atoms with van der Waals surface area (Å²) >= 11 is 0. The maximum atomic E-state index is 5.94. The molecular weight excluding hydrogens is 368 g/mol. The Balaban J connectivity index is 1.60. The molecule has 1 heterocycles. The Morgan fingerprint density at radius 3 is 2.52 bits per heavy atom. The Bertz CT molecular complexity index is 917. The fraction of sp³-hybridized carbons (Fsp3) is 0.348. The minimum Gasteiger partial charge on any atom is -0.494 e. The van der Waals surface area contributed by atoms with Gasteiger partial charge in [0.05, 0.1) is 25.0 Å². The summed E-state index contributed by atoms with van der Waals surface area (Å²) in [5.41, 5.74) is 4.06. The van der Waals surface area contributed by atoms with Gasteiger partial charge >= 0.3 is 0 Å². The number of para-hydroxylation sites is 1. The van der Waals surface area contributed by atoms with E-state index in [2.05, 4.69) is 16.5 Å². The third-order valence-electron chi connectivity index (χ3n) is 4.70. The molecular formula is C23H28N2O4. The first-order chi connectivity index (χ1) is 14.1. The van der Waals surface area contributed by atoms with Gasteiger partial charge < -0.3 is 24.1 Å². The van der Waals surface area contributed by atoms with Gasteiger partial charge in [0.2, 0.25) is 0 Å². The van der Waals surface area contributed by atoms with Gasteiger partial charge in [0.15, 0.2) is 11.5 Å². The SMILES string of the molecule is CCOc1ccccc1CNCc1ccc(OCc2c(C)noc2C)c(OC)c1. The molecule has 0 aliphatic rings. The first-order valence-electron chi connectivity index (χ1n) is 9.75. The fourth-order valence-corrected chi connectivity index (χ4v) is 3.09. The van der Waals surface area contributed by atoms with Crippen LogP contribution in [0.5, 0.6) is 17.2 Å². The number of nitrogens with zero attached hydrogens (tertiary/aromatic N) is 1. The second-order valence-electron chi connectivity index (χ2n) is 6.72. The quantitative estimate of drug-likeness (QED) is 0.542. The summed E-state index contributed by atoms with van der Waals surface area (Å²) in [4.78, 5) is 0. The Labute approximate surface area is 171 Å². The van der Waals surface area contributed by atoms with E-state index in [0.29, 0.717) is 31.3 Å². The van der Waals surface area contributed by atoms with Crippen LogP contribution in [0, 0.1) is 13.8 Å². The van der Waals surface area contributed by atoms with Crippen LogP contribution in [-0.4, -0.2) is 18.9 Å². The molecule has 0 unspecified atom stereocenters. The van der Waals surface area contributed by atoms with Crippen molar-refractivity contribution in [3.63, 3.8) is 0 Å². The van der Waals surface area contributed by atoms with Crippen LogP contribution in [-0.2, 0) is 19.7 Å². The van der Waals surface area contributed by atoms with Crippen LogP contribution >= 0.6 is 0 Å². The van der Waals surface area contributed by atoms with Crippen LogP contribution in [0.1, 0.15) is 35.1 Å². The van der Waals surface area contributed by atoms with E-state index in [4.69, 9.17) is 18.7 Å². The molecule has 0 saturated heterocycles. The van der Waals surface area contributed by atoms with E-state index in [-0.39, 0.29) is 0 Å². The lowest BCUT2D eigenvalue weighted by Gasteiger charge is -2.13. The molecule has 6 heteroatoms. The van der Waals surface area contributed by atoms with Gasteiger partial charge in [0.1, 0.15) is 18.1 Å². The number of nitrogens with one attached hydrogen (secondary N) is 1. The zero-order valence-electron chi connectivity index (χ0n) is 17.5. The van der Waals surface area contributed by atoms with Crippen LogP contribution in [0.15, 0.2) is 47.0 Å². The Morgan fingerprint density at radius 1 is 0.966 bits per heavy atom. The summed E-state index contributed by atoms with van der Waals surface area (Å²) in [5.74, 6) is 3.08. The van der Waals surface area contributed by atoms with Crippen LogP contribution in [0.4, 0.5) is 0 Å². The summed E-state index contributed by atoms with van der Waals surface area (Å²) in [5, 5.41) is 7.42. The molecule has 0 aliphatic carbocycles. The number of rotatable bonds is 10. The molecule has 6 nitrogen and oxygen atoms in total. The van der Waals surface area contributed by atoms with Crippen molar-refractivity contribution in [3.8, 4) is 17.2 Å². The summed E-state index contributed by atoms with van der Waals surface area (Å²) in [6, 6.07) is 14.0. The number of benzene rings is 2. The molecule has 1 N–H and O–H groups in total. The van der Waals surface area contributed by atoms with Crippen molar-refractivity contribution < 1.29 is 18.7 Å². The molecule has 1 aromatic heterocycles. The van der Waals surface area contributed by atoms with Crippen molar-refractivity contribution in [2.45, 2.75) is 40.5 Å². The molecule has 0 saturated carbocycles. The lowest BCUT2D eigenvalue weighted by molar-refractivity contribution is 0.281. The van der Waals surface area contributed by atoms with E-state index in [9.17, 15) is 0 Å². The summed E-state index contributed by atoms with van der Waals surface area (Å²) < 4.78 is 22.3. The van der Waals surface area contributed by atoms with Crippen LogP contribution in [0.3, 0.4) is 0 Å². The number of ether oxygens (including phenoxy) is 3. The van der Waals surface area contributed by atoms with E-state index in [1.165, 1.54) is 0 Å². The molecule has 0 radical (unpaired) electrons. The van der Waals surface area contributed by atoms with E-state index < -0.39 is 0 Å². The van der Waals surface area contributed by atoms with E-state index in [1.54, 1.807) is 7.11 Å². The Hall–Kier alpha value is -2.99. The summed E-state index contributed by atoms with van der Waals surface area (Å²) in [6.07, 6.45) is 0. The normalized spacial score (nSPS) is 10.8. The first-order valence-corrected chi connectivity index (χ1v) is 9.75. The highest BCUT2D eigenvalue weighted by molar-refractivity contribution is 5.43. The topological polar surface area (TPSA) is 65.8 Å². The zero-order chi connectivity index (χ0) is 20.6. The average molecular weight is 396 g/mol. The summed E-state index contributed by atoms with van der Waals surface area (Å²) in [7, 11) is 1.65. The molecule has 0 fully saturated rings. The van der Waals surface area contributed by atoms with Gasteiger partial charge in [-0.05, 0) is 44.5 Å². The smallest absolute Gasteiger partial charge is 0.161 e. The van der Waals surface area contributed by atoms with Crippen LogP contribution in [0.25, 0.3) is 0 Å². The molecule has 3 aromatic rings. The van der Waals surface area contributed by atoms with Gasteiger partial charge in [-0.2, -0.15) is 0 Å². The maximum Gasteiger partial charge on any atom is 0.161 e. The van der Waals surface area contributed by atoms with Crippen molar-refractivity contribution in [3.05, 3.63) is 70.6 Å². The third-order valence-corrected chi connectivity index (χ3v) is 4.70. The number of hydrogen-bond donors (Lipinski definition) is 1. The maximum absolute atomic E-state index is 5.94.